The normalized spacial score (nSPS) is 17.9. The molecule has 2 amide bonds. The van der Waals surface area contributed by atoms with Gasteiger partial charge < -0.3 is 0 Å². The number of benzene rings is 1. The molecule has 94 valence electrons. The van der Waals surface area contributed by atoms with Crippen molar-refractivity contribution in [3.8, 4) is 0 Å². The van der Waals surface area contributed by atoms with Crippen molar-refractivity contribution in [3.05, 3.63) is 39.9 Å². The second-order valence-electron chi connectivity index (χ2n) is 3.98. The molecule has 1 aromatic rings. The third-order valence-corrected chi connectivity index (χ3v) is 3.06. The van der Waals surface area contributed by atoms with Gasteiger partial charge in [0.1, 0.15) is 0 Å². The second-order valence-corrected chi connectivity index (χ2v) is 4.85. The Hall–Kier alpha value is -1.32. The minimum Gasteiger partial charge on any atom is -0.274 e. The Morgan fingerprint density at radius 3 is 2.39 bits per heavy atom. The second kappa shape index (κ2) is 5.12. The molecular weight excluding hydrogens is 273 g/mol. The molecule has 0 radical (unpaired) electrons. The summed E-state index contributed by atoms with van der Waals surface area (Å²) in [6, 6.07) is 4.66. The maximum Gasteiger partial charge on any atom is 0.261 e. The van der Waals surface area contributed by atoms with Crippen LogP contribution in [0.25, 0.3) is 0 Å². The van der Waals surface area contributed by atoms with Crippen LogP contribution in [0.2, 0.25) is 10.0 Å². The summed E-state index contributed by atoms with van der Waals surface area (Å²) in [4.78, 5) is 25.1. The highest BCUT2D eigenvalue weighted by atomic mass is 35.5. The molecule has 0 aromatic heterocycles. The number of anilines is 1. The van der Waals surface area contributed by atoms with Gasteiger partial charge in [0, 0.05) is 15.6 Å². The van der Waals surface area contributed by atoms with Gasteiger partial charge in [-0.25, -0.2) is 4.90 Å². The van der Waals surface area contributed by atoms with Crippen molar-refractivity contribution in [2.75, 3.05) is 4.90 Å². The predicted octanol–water partition coefficient (Wildman–Crippen LogP) is 3.59. The first kappa shape index (κ1) is 13.1. The molecule has 0 atom stereocenters. The molecule has 5 heteroatoms. The third kappa shape index (κ3) is 2.42. The largest absolute Gasteiger partial charge is 0.274 e. The van der Waals surface area contributed by atoms with Crippen LogP contribution in [0.5, 0.6) is 0 Å². The average molecular weight is 284 g/mol. The number of allylic oxidation sites excluding steroid dienone is 1. The molecule has 0 unspecified atom stereocenters. The zero-order chi connectivity index (χ0) is 13.3. The number of amides is 2. The monoisotopic (exact) mass is 283 g/mol. The molecule has 3 nitrogen and oxygen atoms in total. The van der Waals surface area contributed by atoms with E-state index in [4.69, 9.17) is 23.2 Å². The number of hydrogen-bond donors (Lipinski definition) is 0. The van der Waals surface area contributed by atoms with E-state index in [0.717, 1.165) is 11.3 Å². The third-order valence-electron chi connectivity index (χ3n) is 2.62. The van der Waals surface area contributed by atoms with Crippen LogP contribution in [0.4, 0.5) is 5.69 Å². The van der Waals surface area contributed by atoms with Crippen LogP contribution in [0.15, 0.2) is 29.8 Å². The topological polar surface area (TPSA) is 37.4 Å². The van der Waals surface area contributed by atoms with E-state index in [9.17, 15) is 9.59 Å². The number of carbonyl (C=O) groups excluding carboxylic acids is 2. The summed E-state index contributed by atoms with van der Waals surface area (Å²) in [5, 5.41) is 0.789. The van der Waals surface area contributed by atoms with Crippen LogP contribution in [0.3, 0.4) is 0 Å². The zero-order valence-electron chi connectivity index (χ0n) is 9.74. The van der Waals surface area contributed by atoms with Gasteiger partial charge in [-0.1, -0.05) is 36.2 Å². The zero-order valence-corrected chi connectivity index (χ0v) is 11.3. The fraction of sp³-hybridized carbons (Fsp3) is 0.231. The van der Waals surface area contributed by atoms with Gasteiger partial charge in [-0.3, -0.25) is 9.59 Å². The lowest BCUT2D eigenvalue weighted by molar-refractivity contribution is -0.120. The molecule has 1 fully saturated rings. The van der Waals surface area contributed by atoms with Gasteiger partial charge in [-0.2, -0.15) is 0 Å². The van der Waals surface area contributed by atoms with Crippen LogP contribution >= 0.6 is 23.2 Å². The van der Waals surface area contributed by atoms with Crippen molar-refractivity contribution in [1.82, 2.24) is 0 Å². The molecule has 0 N–H and O–H groups in total. The van der Waals surface area contributed by atoms with Crippen molar-refractivity contribution < 1.29 is 9.59 Å². The minimum absolute atomic E-state index is 0.136. The summed E-state index contributed by atoms with van der Waals surface area (Å²) in [6.07, 6.45) is 2.63. The Morgan fingerprint density at radius 1 is 1.22 bits per heavy atom. The summed E-state index contributed by atoms with van der Waals surface area (Å²) >= 11 is 11.7. The molecular formula is C13H11Cl2NO2. The lowest BCUT2D eigenvalue weighted by Crippen LogP contribution is -2.28. The van der Waals surface area contributed by atoms with Crippen molar-refractivity contribution in [2.24, 2.45) is 0 Å². The number of rotatable bonds is 2. The number of nitrogens with zero attached hydrogens (tertiary/aromatic N) is 1. The highest BCUT2D eigenvalue weighted by Gasteiger charge is 2.34. The van der Waals surface area contributed by atoms with Crippen molar-refractivity contribution >= 4 is 40.7 Å². The molecule has 1 aromatic carbocycles. The van der Waals surface area contributed by atoms with Crippen LogP contribution in [-0.2, 0) is 9.59 Å². The minimum atomic E-state index is -0.291. The average Bonchev–Trinajstić information content (AvgIpc) is 2.53. The quantitative estimate of drug-likeness (QED) is 0.614. The molecule has 1 heterocycles. The Balaban J connectivity index is 2.42. The maximum atomic E-state index is 12.1. The molecule has 0 saturated carbocycles. The van der Waals surface area contributed by atoms with Gasteiger partial charge in [0.15, 0.2) is 0 Å². The SMILES string of the molecule is CCC=C1CC(=O)N(c2cc(Cl)cc(Cl)c2)C1=O. The number of hydrogen-bond acceptors (Lipinski definition) is 2. The molecule has 0 aliphatic carbocycles. The molecule has 18 heavy (non-hydrogen) atoms. The van der Waals surface area contributed by atoms with Gasteiger partial charge in [-0.05, 0) is 24.6 Å². The highest BCUT2D eigenvalue weighted by Crippen LogP contribution is 2.30. The van der Waals surface area contributed by atoms with E-state index in [0.29, 0.717) is 21.3 Å². The Kier molecular flexibility index (Phi) is 3.73. The number of carbonyl (C=O) groups is 2. The summed E-state index contributed by atoms with van der Waals surface area (Å²) < 4.78 is 0. The van der Waals surface area contributed by atoms with Gasteiger partial charge >= 0.3 is 0 Å². The Morgan fingerprint density at radius 2 is 1.83 bits per heavy atom. The summed E-state index contributed by atoms with van der Waals surface area (Å²) in [5.41, 5.74) is 0.945. The van der Waals surface area contributed by atoms with E-state index in [1.165, 1.54) is 0 Å². The van der Waals surface area contributed by atoms with Gasteiger partial charge in [0.25, 0.3) is 5.91 Å². The molecule has 0 spiro atoms. The highest BCUT2D eigenvalue weighted by molar-refractivity contribution is 6.36. The van der Waals surface area contributed by atoms with Crippen LogP contribution in [0, 0.1) is 0 Å². The fourth-order valence-electron chi connectivity index (χ4n) is 1.91. The molecule has 0 bridgehead atoms. The Bertz CT molecular complexity index is 532. The molecule has 2 rings (SSSR count). The lowest BCUT2D eigenvalue weighted by atomic mass is 10.2. The smallest absolute Gasteiger partial charge is 0.261 e. The Labute approximate surface area is 115 Å². The standard InChI is InChI=1S/C13H11Cl2NO2/c1-2-3-8-4-12(17)16(13(8)18)11-6-9(14)5-10(15)7-11/h3,5-7H,2,4H2,1H3. The van der Waals surface area contributed by atoms with E-state index in [1.54, 1.807) is 24.3 Å². The van der Waals surface area contributed by atoms with E-state index in [-0.39, 0.29) is 18.2 Å². The van der Waals surface area contributed by atoms with E-state index in [1.807, 2.05) is 6.92 Å². The molecule has 1 aliphatic rings. The first-order chi connectivity index (χ1) is 8.52. The van der Waals surface area contributed by atoms with E-state index >= 15 is 0 Å². The lowest BCUT2D eigenvalue weighted by Gasteiger charge is -2.14. The summed E-state index contributed by atoms with van der Waals surface area (Å²) in [5.74, 6) is -0.543. The molecule has 1 aliphatic heterocycles. The van der Waals surface area contributed by atoms with Crippen molar-refractivity contribution in [1.29, 1.82) is 0 Å². The first-order valence-electron chi connectivity index (χ1n) is 5.55. The summed E-state index contributed by atoms with van der Waals surface area (Å²) in [6.45, 7) is 1.92. The van der Waals surface area contributed by atoms with E-state index < -0.39 is 0 Å². The van der Waals surface area contributed by atoms with Gasteiger partial charge in [0.05, 0.1) is 12.1 Å². The fourth-order valence-corrected chi connectivity index (χ4v) is 2.42. The molecule has 1 saturated heterocycles. The predicted molar refractivity (Wildman–Crippen MR) is 71.9 cm³/mol. The van der Waals surface area contributed by atoms with E-state index in [2.05, 4.69) is 0 Å². The van der Waals surface area contributed by atoms with Crippen LogP contribution in [0.1, 0.15) is 19.8 Å². The number of imide groups is 1. The summed E-state index contributed by atoms with van der Waals surface area (Å²) in [7, 11) is 0. The number of halogens is 2. The van der Waals surface area contributed by atoms with Crippen LogP contribution < -0.4 is 4.90 Å². The van der Waals surface area contributed by atoms with Crippen LogP contribution in [-0.4, -0.2) is 11.8 Å². The maximum absolute atomic E-state index is 12.1. The van der Waals surface area contributed by atoms with Crippen molar-refractivity contribution in [3.63, 3.8) is 0 Å². The van der Waals surface area contributed by atoms with Gasteiger partial charge in [-0.15, -0.1) is 0 Å². The van der Waals surface area contributed by atoms with Crippen molar-refractivity contribution in [2.45, 2.75) is 19.8 Å². The first-order valence-corrected chi connectivity index (χ1v) is 6.31. The van der Waals surface area contributed by atoms with Gasteiger partial charge in [0.2, 0.25) is 5.91 Å².